The summed E-state index contributed by atoms with van der Waals surface area (Å²) in [6.45, 7) is 18.3. The molecule has 1 aromatic heterocycles. The van der Waals surface area contributed by atoms with Gasteiger partial charge in [0.25, 0.3) is 5.56 Å². The molecular formula is C21H38N2O6Si2. The van der Waals surface area contributed by atoms with Gasteiger partial charge in [-0.2, -0.15) is 0 Å². The summed E-state index contributed by atoms with van der Waals surface area (Å²) >= 11 is 0. The molecule has 0 aromatic carbocycles. The van der Waals surface area contributed by atoms with E-state index in [-0.39, 0.29) is 0 Å². The molecule has 2 aliphatic rings. The lowest BCUT2D eigenvalue weighted by Crippen LogP contribution is -2.73. The molecule has 3 heterocycles. The highest BCUT2D eigenvalue weighted by molar-refractivity contribution is 7.39. The highest BCUT2D eigenvalue weighted by atomic mass is 29.3. The number of nitrogens with one attached hydrogen (secondary N) is 1. The quantitative estimate of drug-likeness (QED) is 0.642. The SMILES string of the molecule is CC(C)[Si]1(C(C)C)OC[C@H]2O[C@@H](n3ccc(=O)[nH]c3=O)[C@H](O)[C@@H]2O[Si]1(C(C)C)C(C)C. The second-order valence-corrected chi connectivity index (χ2v) is 23.2. The van der Waals surface area contributed by atoms with Gasteiger partial charge in [-0.1, -0.05) is 55.4 Å². The van der Waals surface area contributed by atoms with Crippen molar-refractivity contribution in [3.8, 4) is 0 Å². The zero-order valence-electron chi connectivity index (χ0n) is 19.9. The molecule has 2 aliphatic heterocycles. The summed E-state index contributed by atoms with van der Waals surface area (Å²) in [4.78, 5) is 26.0. The van der Waals surface area contributed by atoms with Crippen molar-refractivity contribution in [1.29, 1.82) is 0 Å². The third-order valence-corrected chi connectivity index (χ3v) is 28.1. The Morgan fingerprint density at radius 2 is 1.55 bits per heavy atom. The minimum Gasteiger partial charge on any atom is -0.413 e. The first-order chi connectivity index (χ1) is 14.4. The fourth-order valence-electron chi connectivity index (χ4n) is 6.25. The van der Waals surface area contributed by atoms with Gasteiger partial charge in [-0.15, -0.1) is 0 Å². The predicted octanol–water partition coefficient (Wildman–Crippen LogP) is 2.82. The number of H-pyrrole nitrogens is 1. The van der Waals surface area contributed by atoms with Crippen molar-refractivity contribution >= 4 is 15.7 Å². The maximum atomic E-state index is 12.3. The van der Waals surface area contributed by atoms with E-state index in [0.717, 1.165) is 0 Å². The third-order valence-electron chi connectivity index (χ3n) is 7.29. The Labute approximate surface area is 186 Å². The molecule has 0 aliphatic carbocycles. The second kappa shape index (κ2) is 8.71. The molecule has 2 N–H and O–H groups in total. The molecule has 0 saturated carbocycles. The summed E-state index contributed by atoms with van der Waals surface area (Å²) in [5.74, 6) is 0. The molecule has 3 rings (SSSR count). The van der Waals surface area contributed by atoms with Crippen LogP contribution in [0.5, 0.6) is 0 Å². The summed E-state index contributed by atoms with van der Waals surface area (Å²) in [7, 11) is -4.94. The number of aromatic nitrogens is 2. The molecule has 1 aromatic rings. The topological polar surface area (TPSA) is 103 Å². The number of hydrogen-bond donors (Lipinski definition) is 2. The molecule has 10 heteroatoms. The summed E-state index contributed by atoms with van der Waals surface area (Å²) in [5, 5.41) is 11.3. The summed E-state index contributed by atoms with van der Waals surface area (Å²) in [6.07, 6.45) is -1.66. The molecule has 8 nitrogen and oxygen atoms in total. The van der Waals surface area contributed by atoms with Crippen LogP contribution in [0.2, 0.25) is 22.2 Å². The van der Waals surface area contributed by atoms with Crippen LogP contribution in [0.1, 0.15) is 61.6 Å². The monoisotopic (exact) mass is 470 g/mol. The molecule has 2 saturated heterocycles. The predicted molar refractivity (Wildman–Crippen MR) is 124 cm³/mol. The standard InChI is InChI=1S/C21H38N2O6Si2/c1-12(2)30(13(3)4)27-11-16-19(29-31(30,14(5)6)15(7)8)18(25)20(28-16)23-10-9-17(24)22-21(23)26/h9-10,12-16,18-20,25H,11H2,1-8H3,(H,22,24,26)/t16-,18-,19-,20-/m1/s1. The third kappa shape index (κ3) is 3.65. The first kappa shape index (κ1) is 24.6. The fraction of sp³-hybridized carbons (Fsp3) is 0.810. The fourth-order valence-corrected chi connectivity index (χ4v) is 28.0. The molecule has 0 spiro atoms. The van der Waals surface area contributed by atoms with Crippen LogP contribution in [-0.4, -0.2) is 55.2 Å². The van der Waals surface area contributed by atoms with E-state index in [1.54, 1.807) is 0 Å². The van der Waals surface area contributed by atoms with Crippen LogP contribution in [0.25, 0.3) is 0 Å². The maximum absolute atomic E-state index is 12.3. The summed E-state index contributed by atoms with van der Waals surface area (Å²) < 4.78 is 21.5. The molecule has 0 bridgehead atoms. The van der Waals surface area contributed by atoms with Crippen LogP contribution in [-0.2, 0) is 13.6 Å². The lowest BCUT2D eigenvalue weighted by Gasteiger charge is -2.54. The minimum atomic E-state index is -2.54. The highest BCUT2D eigenvalue weighted by Crippen LogP contribution is 2.54. The van der Waals surface area contributed by atoms with E-state index in [9.17, 15) is 14.7 Å². The zero-order chi connectivity index (χ0) is 23.3. The van der Waals surface area contributed by atoms with Gasteiger partial charge in [0.2, 0.25) is 15.7 Å². The number of nitrogens with zero attached hydrogens (tertiary/aromatic N) is 1. The van der Waals surface area contributed by atoms with Crippen LogP contribution >= 0.6 is 0 Å². The van der Waals surface area contributed by atoms with Crippen molar-refractivity contribution < 1.29 is 18.7 Å². The van der Waals surface area contributed by atoms with Gasteiger partial charge in [0, 0.05) is 12.3 Å². The summed E-state index contributed by atoms with van der Waals surface area (Å²) in [5.41, 5.74) is 0.209. The van der Waals surface area contributed by atoms with Gasteiger partial charge in [0.15, 0.2) is 6.23 Å². The van der Waals surface area contributed by atoms with Gasteiger partial charge in [-0.25, -0.2) is 4.79 Å². The number of ether oxygens (including phenoxy) is 1. The largest absolute Gasteiger partial charge is 0.413 e. The normalized spacial score (nSPS) is 30.2. The Morgan fingerprint density at radius 1 is 1.00 bits per heavy atom. The Hall–Kier alpha value is -1.05. The molecule has 2 fully saturated rings. The average molecular weight is 471 g/mol. The Balaban J connectivity index is 2.10. The zero-order valence-corrected chi connectivity index (χ0v) is 21.9. The molecule has 4 atom stereocenters. The number of aromatic amines is 1. The van der Waals surface area contributed by atoms with Crippen LogP contribution in [0.4, 0.5) is 0 Å². The lowest BCUT2D eigenvalue weighted by molar-refractivity contribution is -0.0515. The van der Waals surface area contributed by atoms with E-state index in [4.69, 9.17) is 13.6 Å². The van der Waals surface area contributed by atoms with Gasteiger partial charge in [0.1, 0.15) is 18.3 Å². The number of fused-ring (bicyclic) bond motifs is 1. The Morgan fingerprint density at radius 3 is 2.03 bits per heavy atom. The van der Waals surface area contributed by atoms with E-state index < -0.39 is 51.5 Å². The van der Waals surface area contributed by atoms with Gasteiger partial charge in [-0.05, 0) is 22.2 Å². The molecule has 0 radical (unpaired) electrons. The van der Waals surface area contributed by atoms with Crippen LogP contribution in [0.3, 0.4) is 0 Å². The van der Waals surface area contributed by atoms with Gasteiger partial charge < -0.3 is 18.7 Å². The molecule has 176 valence electrons. The van der Waals surface area contributed by atoms with E-state index in [1.165, 1.54) is 16.8 Å². The molecule has 0 unspecified atom stereocenters. The lowest BCUT2D eigenvalue weighted by atomic mass is 10.1. The average Bonchev–Trinajstić information content (AvgIpc) is 2.86. The Bertz CT molecular complexity index is 880. The Kier molecular flexibility index (Phi) is 6.91. The number of hydrogen-bond acceptors (Lipinski definition) is 6. The van der Waals surface area contributed by atoms with Crippen LogP contribution in [0, 0.1) is 0 Å². The van der Waals surface area contributed by atoms with E-state index in [1.807, 2.05) is 0 Å². The first-order valence-electron chi connectivity index (χ1n) is 11.4. The molecule has 31 heavy (non-hydrogen) atoms. The van der Waals surface area contributed by atoms with Crippen molar-refractivity contribution in [2.75, 3.05) is 6.61 Å². The van der Waals surface area contributed by atoms with Gasteiger partial charge in [-0.3, -0.25) is 14.3 Å². The van der Waals surface area contributed by atoms with Crippen molar-refractivity contribution in [2.24, 2.45) is 0 Å². The first-order valence-corrected chi connectivity index (χ1v) is 16.5. The van der Waals surface area contributed by atoms with Crippen molar-refractivity contribution in [1.82, 2.24) is 9.55 Å². The van der Waals surface area contributed by atoms with Crippen molar-refractivity contribution in [3.63, 3.8) is 0 Å². The van der Waals surface area contributed by atoms with E-state index in [2.05, 4.69) is 60.4 Å². The second-order valence-electron chi connectivity index (χ2n) is 10.2. The number of aliphatic hydroxyl groups is 1. The van der Waals surface area contributed by atoms with Crippen molar-refractivity contribution in [3.05, 3.63) is 33.1 Å². The smallest absolute Gasteiger partial charge is 0.330 e. The van der Waals surface area contributed by atoms with Gasteiger partial charge >= 0.3 is 5.69 Å². The minimum absolute atomic E-state index is 0.296. The maximum Gasteiger partial charge on any atom is 0.330 e. The highest BCUT2D eigenvalue weighted by Gasteiger charge is 2.69. The molecular weight excluding hydrogens is 432 g/mol. The number of rotatable bonds is 5. The van der Waals surface area contributed by atoms with E-state index in [0.29, 0.717) is 28.8 Å². The van der Waals surface area contributed by atoms with Crippen LogP contribution < -0.4 is 11.2 Å². The molecule has 0 amide bonds. The summed E-state index contributed by atoms with van der Waals surface area (Å²) in [6, 6.07) is 1.25. The van der Waals surface area contributed by atoms with Gasteiger partial charge in [0.05, 0.1) is 6.61 Å². The number of aliphatic hydroxyl groups excluding tert-OH is 1. The van der Waals surface area contributed by atoms with E-state index >= 15 is 0 Å². The van der Waals surface area contributed by atoms with Crippen LogP contribution in [0.15, 0.2) is 21.9 Å². The van der Waals surface area contributed by atoms with Crippen molar-refractivity contribution in [2.45, 2.75) is 102 Å².